The highest BCUT2D eigenvalue weighted by Crippen LogP contribution is 2.17. The molecule has 4 nitrogen and oxygen atoms in total. The minimum atomic E-state index is -0.385. The van der Waals surface area contributed by atoms with Gasteiger partial charge in [-0.3, -0.25) is 9.36 Å². The van der Waals surface area contributed by atoms with Gasteiger partial charge in [-0.1, -0.05) is 22.0 Å². The molecule has 2 aromatic rings. The first-order valence-corrected chi connectivity index (χ1v) is 6.37. The van der Waals surface area contributed by atoms with Gasteiger partial charge in [0.05, 0.1) is 13.7 Å². The van der Waals surface area contributed by atoms with E-state index in [2.05, 4.69) is 20.9 Å². The number of hydrogen-bond acceptors (Lipinski definition) is 3. The molecule has 0 radical (unpaired) electrons. The molecule has 6 heteroatoms. The van der Waals surface area contributed by atoms with Gasteiger partial charge in [0.25, 0.3) is 11.6 Å². The van der Waals surface area contributed by atoms with Crippen molar-refractivity contribution in [3.8, 4) is 6.01 Å². The first-order valence-electron chi connectivity index (χ1n) is 5.57. The summed E-state index contributed by atoms with van der Waals surface area (Å²) >= 11 is 3.19. The van der Waals surface area contributed by atoms with E-state index in [4.69, 9.17) is 4.74 Å². The third kappa shape index (κ3) is 3.01. The fourth-order valence-electron chi connectivity index (χ4n) is 1.72. The fourth-order valence-corrected chi connectivity index (χ4v) is 2.05. The lowest BCUT2D eigenvalue weighted by Crippen LogP contribution is -2.23. The van der Waals surface area contributed by atoms with Gasteiger partial charge < -0.3 is 4.74 Å². The Morgan fingerprint density at radius 3 is 2.79 bits per heavy atom. The molecule has 0 spiro atoms. The first kappa shape index (κ1) is 13.7. The Kier molecular flexibility index (Phi) is 3.99. The van der Waals surface area contributed by atoms with Crippen LogP contribution in [0, 0.1) is 12.7 Å². The molecule has 0 bridgehead atoms. The molecule has 0 N–H and O–H groups in total. The Bertz CT molecular complexity index is 670. The summed E-state index contributed by atoms with van der Waals surface area (Å²) in [5, 5.41) is 0. The number of aromatic nitrogens is 2. The van der Waals surface area contributed by atoms with Gasteiger partial charge in [-0.25, -0.2) is 9.37 Å². The van der Waals surface area contributed by atoms with Gasteiger partial charge in [0.2, 0.25) is 0 Å². The van der Waals surface area contributed by atoms with Crippen LogP contribution in [0.1, 0.15) is 11.3 Å². The zero-order valence-electron chi connectivity index (χ0n) is 10.5. The van der Waals surface area contributed by atoms with E-state index in [0.717, 1.165) is 0 Å². The van der Waals surface area contributed by atoms with Crippen molar-refractivity contribution in [2.24, 2.45) is 0 Å². The van der Waals surface area contributed by atoms with E-state index in [1.807, 2.05) is 0 Å². The van der Waals surface area contributed by atoms with Gasteiger partial charge in [0.1, 0.15) is 5.82 Å². The Morgan fingerprint density at radius 2 is 2.16 bits per heavy atom. The lowest BCUT2D eigenvalue weighted by Gasteiger charge is -2.11. The van der Waals surface area contributed by atoms with Crippen molar-refractivity contribution in [3.63, 3.8) is 0 Å². The minimum absolute atomic E-state index is 0.0778. The van der Waals surface area contributed by atoms with E-state index in [1.54, 1.807) is 19.1 Å². The smallest absolute Gasteiger partial charge is 0.299 e. The highest BCUT2D eigenvalue weighted by atomic mass is 79.9. The maximum Gasteiger partial charge on any atom is 0.299 e. The van der Waals surface area contributed by atoms with Crippen LogP contribution in [0.3, 0.4) is 0 Å². The van der Waals surface area contributed by atoms with Crippen molar-refractivity contribution < 1.29 is 9.13 Å². The van der Waals surface area contributed by atoms with Crippen LogP contribution >= 0.6 is 15.9 Å². The Labute approximate surface area is 118 Å². The van der Waals surface area contributed by atoms with Gasteiger partial charge >= 0.3 is 0 Å². The van der Waals surface area contributed by atoms with Crippen LogP contribution in [0.5, 0.6) is 6.01 Å². The number of methoxy groups -OCH3 is 1. The second kappa shape index (κ2) is 5.52. The predicted octanol–water partition coefficient (Wildman–Crippen LogP) is 2.51. The third-order valence-electron chi connectivity index (χ3n) is 2.63. The van der Waals surface area contributed by atoms with E-state index in [9.17, 15) is 9.18 Å². The summed E-state index contributed by atoms with van der Waals surface area (Å²) in [4.78, 5) is 16.0. The van der Waals surface area contributed by atoms with Crippen molar-refractivity contribution in [1.82, 2.24) is 9.55 Å². The van der Waals surface area contributed by atoms with Crippen LogP contribution in [0.15, 0.2) is 33.5 Å². The van der Waals surface area contributed by atoms with Gasteiger partial charge in [0, 0.05) is 21.8 Å². The molecular formula is C13H12BrFN2O2. The van der Waals surface area contributed by atoms with E-state index < -0.39 is 0 Å². The normalized spacial score (nSPS) is 10.5. The van der Waals surface area contributed by atoms with Crippen molar-refractivity contribution in [1.29, 1.82) is 0 Å². The highest BCUT2D eigenvalue weighted by Gasteiger charge is 2.10. The van der Waals surface area contributed by atoms with Crippen molar-refractivity contribution in [2.45, 2.75) is 13.5 Å². The molecule has 0 unspecified atom stereocenters. The molecule has 1 heterocycles. The SMILES string of the molecule is COc1nc(C)cc(=O)n1Cc1ccc(Br)cc1F. The number of rotatable bonds is 3. The number of aryl methyl sites for hydroxylation is 1. The largest absolute Gasteiger partial charge is 0.468 e. The van der Waals surface area contributed by atoms with Crippen molar-refractivity contribution in [2.75, 3.05) is 7.11 Å². The van der Waals surface area contributed by atoms with Crippen LogP contribution in [-0.2, 0) is 6.54 Å². The summed E-state index contributed by atoms with van der Waals surface area (Å²) in [6, 6.07) is 6.25. The summed E-state index contributed by atoms with van der Waals surface area (Å²) in [5.41, 5.74) is 0.690. The number of hydrogen-bond donors (Lipinski definition) is 0. The Balaban J connectivity index is 2.46. The Morgan fingerprint density at radius 1 is 1.42 bits per heavy atom. The van der Waals surface area contributed by atoms with Gasteiger partial charge in [-0.05, 0) is 19.1 Å². The summed E-state index contributed by atoms with van der Waals surface area (Å²) in [5.74, 6) is -0.385. The molecule has 0 saturated carbocycles. The van der Waals surface area contributed by atoms with E-state index in [0.29, 0.717) is 15.7 Å². The second-order valence-electron chi connectivity index (χ2n) is 4.04. The number of halogens is 2. The van der Waals surface area contributed by atoms with Gasteiger partial charge in [-0.2, -0.15) is 0 Å². The number of benzene rings is 1. The summed E-state index contributed by atoms with van der Waals surface area (Å²) in [6.07, 6.45) is 0. The minimum Gasteiger partial charge on any atom is -0.468 e. The monoisotopic (exact) mass is 326 g/mol. The maximum atomic E-state index is 13.8. The van der Waals surface area contributed by atoms with Crippen LogP contribution < -0.4 is 10.3 Å². The molecular weight excluding hydrogens is 315 g/mol. The zero-order valence-corrected chi connectivity index (χ0v) is 12.1. The highest BCUT2D eigenvalue weighted by molar-refractivity contribution is 9.10. The van der Waals surface area contributed by atoms with Crippen LogP contribution in [-0.4, -0.2) is 16.7 Å². The molecule has 0 aliphatic rings. The molecule has 100 valence electrons. The Hall–Kier alpha value is -1.69. The molecule has 0 aliphatic heterocycles. The second-order valence-corrected chi connectivity index (χ2v) is 4.96. The fraction of sp³-hybridized carbons (Fsp3) is 0.231. The van der Waals surface area contributed by atoms with Crippen LogP contribution in [0.4, 0.5) is 4.39 Å². The molecule has 0 fully saturated rings. The average molecular weight is 327 g/mol. The average Bonchev–Trinajstić information content (AvgIpc) is 2.34. The maximum absolute atomic E-state index is 13.8. The predicted molar refractivity (Wildman–Crippen MR) is 73.0 cm³/mol. The molecule has 0 amide bonds. The van der Waals surface area contributed by atoms with Crippen LogP contribution in [0.25, 0.3) is 0 Å². The topological polar surface area (TPSA) is 44.1 Å². The van der Waals surface area contributed by atoms with Crippen molar-refractivity contribution >= 4 is 15.9 Å². The molecule has 1 aromatic carbocycles. The number of ether oxygens (including phenoxy) is 1. The van der Waals surface area contributed by atoms with Gasteiger partial charge in [-0.15, -0.1) is 0 Å². The summed E-state index contributed by atoms with van der Waals surface area (Å²) in [7, 11) is 1.43. The summed E-state index contributed by atoms with van der Waals surface area (Å²) in [6.45, 7) is 1.78. The molecule has 0 saturated heterocycles. The molecule has 2 rings (SSSR count). The van der Waals surface area contributed by atoms with E-state index in [-0.39, 0.29) is 23.9 Å². The zero-order chi connectivity index (χ0) is 14.0. The van der Waals surface area contributed by atoms with E-state index >= 15 is 0 Å². The van der Waals surface area contributed by atoms with Crippen LogP contribution in [0.2, 0.25) is 0 Å². The lowest BCUT2D eigenvalue weighted by atomic mass is 10.2. The van der Waals surface area contributed by atoms with E-state index in [1.165, 1.54) is 23.8 Å². The lowest BCUT2D eigenvalue weighted by molar-refractivity contribution is 0.349. The molecule has 0 atom stereocenters. The molecule has 19 heavy (non-hydrogen) atoms. The quantitative estimate of drug-likeness (QED) is 0.870. The molecule has 1 aromatic heterocycles. The van der Waals surface area contributed by atoms with Gasteiger partial charge in [0.15, 0.2) is 0 Å². The standard InChI is InChI=1S/C13H12BrFN2O2/c1-8-5-12(18)17(13(16-8)19-2)7-9-3-4-10(14)6-11(9)15/h3-6H,7H2,1-2H3. The first-order chi connectivity index (χ1) is 9.01. The van der Waals surface area contributed by atoms with Crippen molar-refractivity contribution in [3.05, 3.63) is 56.2 Å². The third-order valence-corrected chi connectivity index (χ3v) is 3.12. The summed E-state index contributed by atoms with van der Waals surface area (Å²) < 4.78 is 20.8. The number of nitrogens with zero attached hydrogens (tertiary/aromatic N) is 2. The molecule has 0 aliphatic carbocycles.